The lowest BCUT2D eigenvalue weighted by molar-refractivity contribution is 0.0929. The van der Waals surface area contributed by atoms with Gasteiger partial charge in [0.05, 0.1) is 23.0 Å². The summed E-state index contributed by atoms with van der Waals surface area (Å²) in [7, 11) is 1.88. The first-order valence-corrected chi connectivity index (χ1v) is 8.90. The lowest BCUT2D eigenvalue weighted by atomic mass is 9.95. The van der Waals surface area contributed by atoms with E-state index in [1.54, 1.807) is 10.9 Å². The van der Waals surface area contributed by atoms with E-state index in [4.69, 9.17) is 4.98 Å². The first-order chi connectivity index (χ1) is 12.2. The highest BCUT2D eigenvalue weighted by atomic mass is 16.1. The maximum absolute atomic E-state index is 13.0. The Morgan fingerprint density at radius 3 is 2.76 bits per heavy atom. The fourth-order valence-corrected chi connectivity index (χ4v) is 3.57. The van der Waals surface area contributed by atoms with E-state index in [2.05, 4.69) is 10.4 Å². The Hall–Kier alpha value is -2.69. The zero-order valence-electron chi connectivity index (χ0n) is 14.4. The lowest BCUT2D eigenvalue weighted by Crippen LogP contribution is -2.36. The highest BCUT2D eigenvalue weighted by Gasteiger charge is 2.19. The van der Waals surface area contributed by atoms with Gasteiger partial charge in [-0.15, -0.1) is 0 Å². The fraction of sp³-hybridized carbons (Fsp3) is 0.350. The molecule has 0 bridgehead atoms. The van der Waals surface area contributed by atoms with Crippen molar-refractivity contribution in [3.8, 4) is 11.3 Å². The summed E-state index contributed by atoms with van der Waals surface area (Å²) in [5, 5.41) is 8.33. The molecule has 1 N–H and O–H groups in total. The molecule has 0 unspecified atom stereocenters. The Morgan fingerprint density at radius 2 is 2.00 bits per heavy atom. The molecule has 0 spiro atoms. The Bertz CT molecular complexity index is 909. The monoisotopic (exact) mass is 334 g/mol. The maximum Gasteiger partial charge on any atom is 0.252 e. The standard InChI is InChI=1S/C20H22N4O/c1-24-13-14(12-21-24)19-11-17(16-9-5-6-10-18(16)23-19)20(25)22-15-7-3-2-4-8-15/h5-6,9-13,15H,2-4,7-8H2,1H3,(H,22,25). The molecule has 2 heterocycles. The molecule has 5 heteroatoms. The number of para-hydroxylation sites is 1. The molecule has 1 aliphatic carbocycles. The molecular formula is C20H22N4O. The number of fused-ring (bicyclic) bond motifs is 1. The lowest BCUT2D eigenvalue weighted by Gasteiger charge is -2.23. The number of amides is 1. The first kappa shape index (κ1) is 15.8. The van der Waals surface area contributed by atoms with Gasteiger partial charge in [0.2, 0.25) is 0 Å². The van der Waals surface area contributed by atoms with Crippen LogP contribution in [0.5, 0.6) is 0 Å². The molecule has 1 amide bonds. The molecule has 25 heavy (non-hydrogen) atoms. The number of carbonyl (C=O) groups excluding carboxylic acids is 1. The Kier molecular flexibility index (Phi) is 4.22. The second-order valence-corrected chi connectivity index (χ2v) is 6.78. The number of carbonyl (C=O) groups is 1. The molecule has 0 radical (unpaired) electrons. The van der Waals surface area contributed by atoms with Crippen molar-refractivity contribution in [2.45, 2.75) is 38.1 Å². The van der Waals surface area contributed by atoms with Gasteiger partial charge in [0.25, 0.3) is 5.91 Å². The van der Waals surface area contributed by atoms with Gasteiger partial charge >= 0.3 is 0 Å². The van der Waals surface area contributed by atoms with Crippen molar-refractivity contribution in [1.82, 2.24) is 20.1 Å². The van der Waals surface area contributed by atoms with Gasteiger partial charge in [0.15, 0.2) is 0 Å². The molecule has 3 aromatic rings. The second-order valence-electron chi connectivity index (χ2n) is 6.78. The summed E-state index contributed by atoms with van der Waals surface area (Å²) in [6.45, 7) is 0. The summed E-state index contributed by atoms with van der Waals surface area (Å²) < 4.78 is 1.74. The van der Waals surface area contributed by atoms with Crippen molar-refractivity contribution >= 4 is 16.8 Å². The van der Waals surface area contributed by atoms with Gasteiger partial charge in [-0.3, -0.25) is 9.48 Å². The molecule has 1 fully saturated rings. The first-order valence-electron chi connectivity index (χ1n) is 8.90. The third kappa shape index (κ3) is 3.27. The molecule has 4 rings (SSSR count). The van der Waals surface area contributed by atoms with Gasteiger partial charge in [-0.2, -0.15) is 5.10 Å². The fourth-order valence-electron chi connectivity index (χ4n) is 3.57. The minimum absolute atomic E-state index is 0.00404. The summed E-state index contributed by atoms with van der Waals surface area (Å²) in [6.07, 6.45) is 9.51. The van der Waals surface area contributed by atoms with Crippen LogP contribution in [0.4, 0.5) is 0 Å². The number of benzene rings is 1. The van der Waals surface area contributed by atoms with Crippen molar-refractivity contribution in [1.29, 1.82) is 0 Å². The minimum atomic E-state index is -0.00404. The number of hydrogen-bond donors (Lipinski definition) is 1. The molecule has 0 saturated heterocycles. The van der Waals surface area contributed by atoms with E-state index >= 15 is 0 Å². The Morgan fingerprint density at radius 1 is 1.20 bits per heavy atom. The maximum atomic E-state index is 13.0. The summed E-state index contributed by atoms with van der Waals surface area (Å²) >= 11 is 0. The topological polar surface area (TPSA) is 59.8 Å². The molecule has 1 saturated carbocycles. The van der Waals surface area contributed by atoms with E-state index in [0.717, 1.165) is 35.0 Å². The number of pyridine rings is 1. The zero-order chi connectivity index (χ0) is 17.2. The van der Waals surface area contributed by atoms with Gasteiger partial charge in [-0.05, 0) is 25.0 Å². The van der Waals surface area contributed by atoms with Crippen LogP contribution in [0.3, 0.4) is 0 Å². The summed E-state index contributed by atoms with van der Waals surface area (Å²) in [6, 6.07) is 9.99. The van der Waals surface area contributed by atoms with Crippen molar-refractivity contribution in [3.05, 3.63) is 48.3 Å². The predicted molar refractivity (Wildman–Crippen MR) is 98.3 cm³/mol. The van der Waals surface area contributed by atoms with Gasteiger partial charge in [-0.1, -0.05) is 37.5 Å². The average Bonchev–Trinajstić information content (AvgIpc) is 3.08. The van der Waals surface area contributed by atoms with Crippen molar-refractivity contribution in [2.24, 2.45) is 7.05 Å². The molecule has 0 atom stereocenters. The quantitative estimate of drug-likeness (QED) is 0.794. The third-order valence-electron chi connectivity index (χ3n) is 4.90. The highest BCUT2D eigenvalue weighted by molar-refractivity contribution is 6.07. The SMILES string of the molecule is Cn1cc(-c2cc(C(=O)NC3CCCCC3)c3ccccc3n2)cn1. The molecule has 2 aromatic heterocycles. The number of rotatable bonds is 3. The second kappa shape index (κ2) is 6.67. The Labute approximate surface area is 147 Å². The normalized spacial score (nSPS) is 15.4. The van der Waals surface area contributed by atoms with Crippen LogP contribution < -0.4 is 5.32 Å². The summed E-state index contributed by atoms with van der Waals surface area (Å²) in [4.78, 5) is 17.7. The molecule has 1 aliphatic rings. The largest absolute Gasteiger partial charge is 0.349 e. The highest BCUT2D eigenvalue weighted by Crippen LogP contribution is 2.25. The van der Waals surface area contributed by atoms with Gasteiger partial charge in [0, 0.05) is 30.2 Å². The van der Waals surface area contributed by atoms with E-state index in [1.807, 2.05) is 43.6 Å². The summed E-state index contributed by atoms with van der Waals surface area (Å²) in [5.41, 5.74) is 3.22. The van der Waals surface area contributed by atoms with Crippen molar-refractivity contribution < 1.29 is 4.79 Å². The molecule has 128 valence electrons. The van der Waals surface area contributed by atoms with Crippen LogP contribution in [-0.2, 0) is 7.05 Å². The van der Waals surface area contributed by atoms with E-state index in [1.165, 1.54) is 19.3 Å². The van der Waals surface area contributed by atoms with E-state index in [9.17, 15) is 4.79 Å². The van der Waals surface area contributed by atoms with Gasteiger partial charge in [-0.25, -0.2) is 4.98 Å². The number of aryl methyl sites for hydroxylation is 1. The average molecular weight is 334 g/mol. The van der Waals surface area contributed by atoms with Crippen LogP contribution >= 0.6 is 0 Å². The van der Waals surface area contributed by atoms with Crippen LogP contribution in [-0.4, -0.2) is 26.7 Å². The van der Waals surface area contributed by atoms with Crippen LogP contribution in [0.15, 0.2) is 42.7 Å². The van der Waals surface area contributed by atoms with Crippen molar-refractivity contribution in [2.75, 3.05) is 0 Å². The third-order valence-corrected chi connectivity index (χ3v) is 4.90. The van der Waals surface area contributed by atoms with E-state index < -0.39 is 0 Å². The van der Waals surface area contributed by atoms with Crippen LogP contribution in [0.25, 0.3) is 22.2 Å². The Balaban J connectivity index is 1.74. The van der Waals surface area contributed by atoms with Gasteiger partial charge in [0.1, 0.15) is 0 Å². The van der Waals surface area contributed by atoms with Crippen LogP contribution in [0.1, 0.15) is 42.5 Å². The number of hydrogen-bond acceptors (Lipinski definition) is 3. The van der Waals surface area contributed by atoms with Gasteiger partial charge < -0.3 is 5.32 Å². The predicted octanol–water partition coefficient (Wildman–Crippen LogP) is 3.70. The van der Waals surface area contributed by atoms with E-state index in [0.29, 0.717) is 5.56 Å². The number of aromatic nitrogens is 3. The summed E-state index contributed by atoms with van der Waals surface area (Å²) in [5.74, 6) is -0.00404. The smallest absolute Gasteiger partial charge is 0.252 e. The van der Waals surface area contributed by atoms with Crippen LogP contribution in [0, 0.1) is 0 Å². The minimum Gasteiger partial charge on any atom is -0.349 e. The molecule has 5 nitrogen and oxygen atoms in total. The zero-order valence-corrected chi connectivity index (χ0v) is 14.4. The van der Waals surface area contributed by atoms with Crippen molar-refractivity contribution in [3.63, 3.8) is 0 Å². The number of nitrogens with one attached hydrogen (secondary N) is 1. The number of nitrogens with zero attached hydrogens (tertiary/aromatic N) is 3. The molecule has 0 aliphatic heterocycles. The molecular weight excluding hydrogens is 312 g/mol. The van der Waals surface area contributed by atoms with E-state index in [-0.39, 0.29) is 11.9 Å². The van der Waals surface area contributed by atoms with Crippen LogP contribution in [0.2, 0.25) is 0 Å². The molecule has 1 aromatic carbocycles.